The molecule has 0 radical (unpaired) electrons. The standard InChI is InChI=1S/C22H25NO4S/c1-28(26)16-17-9-8-12-19(15-17)22(25)27-20(18-10-4-2-5-11-18)21(24)23-13-6-3-7-14-23/h2,4-5,8-12,15,20H,3,6-7,13-14,16H2,1H3. The van der Waals surface area contributed by atoms with Gasteiger partial charge in [0, 0.05) is 41.5 Å². The number of nitrogens with zero attached hydrogens (tertiary/aromatic N) is 1. The SMILES string of the molecule is CS(=O)Cc1cccc(C(=O)OC(C(=O)N2CCCCC2)c2ccccc2)c1. The van der Waals surface area contributed by atoms with Crippen molar-refractivity contribution in [3.63, 3.8) is 0 Å². The van der Waals surface area contributed by atoms with Crippen molar-refractivity contribution in [1.29, 1.82) is 0 Å². The summed E-state index contributed by atoms with van der Waals surface area (Å²) in [7, 11) is -1.00. The zero-order valence-corrected chi connectivity index (χ0v) is 16.8. The van der Waals surface area contributed by atoms with E-state index >= 15 is 0 Å². The predicted octanol–water partition coefficient (Wildman–Crippen LogP) is 3.48. The zero-order chi connectivity index (χ0) is 19.9. The van der Waals surface area contributed by atoms with E-state index in [2.05, 4.69) is 0 Å². The van der Waals surface area contributed by atoms with E-state index in [1.807, 2.05) is 24.3 Å². The van der Waals surface area contributed by atoms with Crippen LogP contribution in [-0.2, 0) is 26.1 Å². The third-order valence-corrected chi connectivity index (χ3v) is 5.49. The lowest BCUT2D eigenvalue weighted by Crippen LogP contribution is -2.40. The molecule has 0 aliphatic carbocycles. The van der Waals surface area contributed by atoms with Gasteiger partial charge in [-0.1, -0.05) is 42.5 Å². The summed E-state index contributed by atoms with van der Waals surface area (Å²) in [5.41, 5.74) is 1.82. The molecule has 0 bridgehead atoms. The molecule has 2 aromatic rings. The molecule has 0 aromatic heterocycles. The van der Waals surface area contributed by atoms with E-state index in [0.29, 0.717) is 30.0 Å². The minimum Gasteiger partial charge on any atom is -0.444 e. The third-order valence-electron chi connectivity index (χ3n) is 4.75. The third kappa shape index (κ3) is 5.29. The fraction of sp³-hybridized carbons (Fsp3) is 0.364. The number of ether oxygens (including phenoxy) is 1. The van der Waals surface area contributed by atoms with Crippen molar-refractivity contribution < 1.29 is 18.5 Å². The highest BCUT2D eigenvalue weighted by Crippen LogP contribution is 2.24. The first kappa shape index (κ1) is 20.3. The van der Waals surface area contributed by atoms with E-state index in [1.54, 1.807) is 41.5 Å². The molecular weight excluding hydrogens is 374 g/mol. The van der Waals surface area contributed by atoms with Crippen LogP contribution >= 0.6 is 0 Å². The smallest absolute Gasteiger partial charge is 0.339 e. The molecule has 1 aliphatic heterocycles. The first-order chi connectivity index (χ1) is 13.5. The van der Waals surface area contributed by atoms with Crippen molar-refractivity contribution in [2.45, 2.75) is 31.1 Å². The highest BCUT2D eigenvalue weighted by Gasteiger charge is 2.30. The maximum absolute atomic E-state index is 13.1. The molecule has 1 aliphatic rings. The van der Waals surface area contributed by atoms with Crippen molar-refractivity contribution in [2.75, 3.05) is 19.3 Å². The minimum atomic E-state index is -1.00. The molecule has 0 spiro atoms. The summed E-state index contributed by atoms with van der Waals surface area (Å²) in [6.07, 6.45) is 3.71. The van der Waals surface area contributed by atoms with Crippen LogP contribution in [0, 0.1) is 0 Å². The predicted molar refractivity (Wildman–Crippen MR) is 109 cm³/mol. The van der Waals surface area contributed by atoms with Crippen LogP contribution in [0.15, 0.2) is 54.6 Å². The van der Waals surface area contributed by atoms with E-state index in [9.17, 15) is 13.8 Å². The largest absolute Gasteiger partial charge is 0.444 e. The van der Waals surface area contributed by atoms with Gasteiger partial charge in [-0.3, -0.25) is 9.00 Å². The first-order valence-corrected chi connectivity index (χ1v) is 11.2. The monoisotopic (exact) mass is 399 g/mol. The van der Waals surface area contributed by atoms with Crippen LogP contribution in [0.5, 0.6) is 0 Å². The Kier molecular flexibility index (Phi) is 6.98. The highest BCUT2D eigenvalue weighted by molar-refractivity contribution is 7.83. The fourth-order valence-electron chi connectivity index (χ4n) is 3.37. The normalized spacial score (nSPS) is 16.2. The summed E-state index contributed by atoms with van der Waals surface area (Å²) >= 11 is 0. The van der Waals surface area contributed by atoms with Gasteiger partial charge < -0.3 is 9.64 Å². The van der Waals surface area contributed by atoms with Crippen LogP contribution in [0.25, 0.3) is 0 Å². The van der Waals surface area contributed by atoms with Gasteiger partial charge in [0.1, 0.15) is 0 Å². The molecule has 1 heterocycles. The van der Waals surface area contributed by atoms with Gasteiger partial charge in [0.05, 0.1) is 5.56 Å². The molecule has 1 saturated heterocycles. The summed E-state index contributed by atoms with van der Waals surface area (Å²) in [5.74, 6) is -0.358. The summed E-state index contributed by atoms with van der Waals surface area (Å²) in [6, 6.07) is 16.0. The number of carbonyl (C=O) groups is 2. The maximum atomic E-state index is 13.1. The molecule has 2 aromatic carbocycles. The second-order valence-electron chi connectivity index (χ2n) is 7.00. The number of hydrogen-bond acceptors (Lipinski definition) is 4. The van der Waals surface area contributed by atoms with Crippen molar-refractivity contribution in [2.24, 2.45) is 0 Å². The molecule has 1 fully saturated rings. The zero-order valence-electron chi connectivity index (χ0n) is 16.0. The summed E-state index contributed by atoms with van der Waals surface area (Å²) in [6.45, 7) is 1.38. The van der Waals surface area contributed by atoms with Crippen LogP contribution in [0.3, 0.4) is 0 Å². The molecule has 5 nitrogen and oxygen atoms in total. The number of benzene rings is 2. The summed E-state index contributed by atoms with van der Waals surface area (Å²) in [4.78, 5) is 27.7. The molecule has 0 saturated carbocycles. The van der Waals surface area contributed by atoms with E-state index in [-0.39, 0.29) is 5.91 Å². The molecule has 3 rings (SSSR count). The Bertz CT molecular complexity index is 847. The highest BCUT2D eigenvalue weighted by atomic mass is 32.2. The number of rotatable bonds is 6. The molecule has 2 unspecified atom stereocenters. The molecule has 148 valence electrons. The summed E-state index contributed by atoms with van der Waals surface area (Å²) in [5, 5.41) is 0. The van der Waals surface area contributed by atoms with Gasteiger partial charge in [-0.2, -0.15) is 0 Å². The van der Waals surface area contributed by atoms with Crippen molar-refractivity contribution in [3.8, 4) is 0 Å². The van der Waals surface area contributed by atoms with Gasteiger partial charge in [0.15, 0.2) is 0 Å². The van der Waals surface area contributed by atoms with Gasteiger partial charge in [0.25, 0.3) is 5.91 Å². The second kappa shape index (κ2) is 9.64. The number of amides is 1. The van der Waals surface area contributed by atoms with Crippen LogP contribution in [0.1, 0.15) is 46.9 Å². The van der Waals surface area contributed by atoms with E-state index in [1.165, 1.54) is 0 Å². The van der Waals surface area contributed by atoms with Crippen LogP contribution < -0.4 is 0 Å². The average Bonchev–Trinajstić information content (AvgIpc) is 2.72. The number of hydrogen-bond donors (Lipinski definition) is 0. The second-order valence-corrected chi connectivity index (χ2v) is 8.43. The lowest BCUT2D eigenvalue weighted by molar-refractivity contribution is -0.142. The molecule has 1 amide bonds. The van der Waals surface area contributed by atoms with Crippen molar-refractivity contribution in [3.05, 3.63) is 71.3 Å². The minimum absolute atomic E-state index is 0.176. The molecule has 0 N–H and O–H groups in total. The van der Waals surface area contributed by atoms with Crippen LogP contribution in [0.4, 0.5) is 0 Å². The molecule has 6 heteroatoms. The fourth-order valence-corrected chi connectivity index (χ4v) is 4.02. The Morgan fingerprint density at radius 3 is 2.43 bits per heavy atom. The number of likely N-dealkylation sites (tertiary alicyclic amines) is 1. The topological polar surface area (TPSA) is 63.7 Å². The summed E-state index contributed by atoms with van der Waals surface area (Å²) < 4.78 is 17.2. The van der Waals surface area contributed by atoms with Crippen molar-refractivity contribution >= 4 is 22.7 Å². The van der Waals surface area contributed by atoms with Crippen LogP contribution in [0.2, 0.25) is 0 Å². The van der Waals surface area contributed by atoms with E-state index in [0.717, 1.165) is 24.8 Å². The Labute approximate surface area is 168 Å². The number of esters is 1. The van der Waals surface area contributed by atoms with Gasteiger partial charge in [-0.15, -0.1) is 0 Å². The average molecular weight is 400 g/mol. The van der Waals surface area contributed by atoms with E-state index in [4.69, 9.17) is 4.74 Å². The number of piperidine rings is 1. The molecular formula is C22H25NO4S. The molecule has 2 atom stereocenters. The first-order valence-electron chi connectivity index (χ1n) is 9.48. The number of carbonyl (C=O) groups excluding carboxylic acids is 2. The maximum Gasteiger partial charge on any atom is 0.339 e. The van der Waals surface area contributed by atoms with Gasteiger partial charge >= 0.3 is 5.97 Å². The Balaban J connectivity index is 1.82. The van der Waals surface area contributed by atoms with Gasteiger partial charge in [-0.25, -0.2) is 4.79 Å². The van der Waals surface area contributed by atoms with Crippen LogP contribution in [-0.4, -0.2) is 40.3 Å². The quantitative estimate of drug-likeness (QED) is 0.698. The van der Waals surface area contributed by atoms with E-state index < -0.39 is 22.9 Å². The lowest BCUT2D eigenvalue weighted by atomic mass is 10.1. The Morgan fingerprint density at radius 2 is 1.75 bits per heavy atom. The molecule has 28 heavy (non-hydrogen) atoms. The van der Waals surface area contributed by atoms with Gasteiger partial charge in [-0.05, 0) is 37.0 Å². The Morgan fingerprint density at radius 1 is 1.04 bits per heavy atom. The van der Waals surface area contributed by atoms with Crippen molar-refractivity contribution in [1.82, 2.24) is 4.90 Å². The Hall–Kier alpha value is -2.47. The van der Waals surface area contributed by atoms with Gasteiger partial charge in [0.2, 0.25) is 6.10 Å². The lowest BCUT2D eigenvalue weighted by Gasteiger charge is -2.30.